The van der Waals surface area contributed by atoms with Crippen LogP contribution in [0.5, 0.6) is 5.75 Å². The molecular weight excluding hydrogens is 556 g/mol. The fourth-order valence-electron chi connectivity index (χ4n) is 5.93. The number of aliphatic hydroxyl groups excluding tert-OH is 1. The second-order valence-corrected chi connectivity index (χ2v) is 12.4. The number of hydrogen-bond donors (Lipinski definition) is 4. The lowest BCUT2D eigenvalue weighted by atomic mass is 9.90. The van der Waals surface area contributed by atoms with E-state index < -0.39 is 5.60 Å². The van der Waals surface area contributed by atoms with Crippen LogP contribution in [0, 0.1) is 0 Å². The molecule has 10 nitrogen and oxygen atoms in total. The van der Waals surface area contributed by atoms with Crippen LogP contribution in [-0.4, -0.2) is 57.1 Å². The Labute approximate surface area is 258 Å². The molecule has 0 bridgehead atoms. The molecule has 0 radical (unpaired) electrons. The number of anilines is 2. The van der Waals surface area contributed by atoms with Crippen LogP contribution >= 0.6 is 0 Å². The number of fused-ring (bicyclic) bond motifs is 3. The Morgan fingerprint density at radius 2 is 2.00 bits per heavy atom. The Kier molecular flexibility index (Phi) is 9.29. The number of nitrogens with zero attached hydrogens (tertiary/aromatic N) is 3. The minimum atomic E-state index is -0.527. The van der Waals surface area contributed by atoms with Gasteiger partial charge in [0.05, 0.1) is 31.8 Å². The highest BCUT2D eigenvalue weighted by Gasteiger charge is 2.23. The quantitative estimate of drug-likeness (QED) is 0.168. The lowest BCUT2D eigenvalue weighted by Gasteiger charge is -2.26. The summed E-state index contributed by atoms with van der Waals surface area (Å²) in [7, 11) is 1.69. The van der Waals surface area contributed by atoms with Crippen molar-refractivity contribution in [2.45, 2.75) is 84.0 Å². The lowest BCUT2D eigenvalue weighted by molar-refractivity contribution is 0.0502. The van der Waals surface area contributed by atoms with Gasteiger partial charge in [0, 0.05) is 17.0 Å². The number of aromatic nitrogens is 3. The predicted octanol–water partition coefficient (Wildman–Crippen LogP) is 6.26. The van der Waals surface area contributed by atoms with Crippen LogP contribution in [0.2, 0.25) is 0 Å². The van der Waals surface area contributed by atoms with Crippen molar-refractivity contribution in [3.8, 4) is 5.75 Å². The van der Waals surface area contributed by atoms with Crippen molar-refractivity contribution < 1.29 is 19.4 Å². The molecule has 0 saturated carbocycles. The summed E-state index contributed by atoms with van der Waals surface area (Å²) in [6.45, 7) is 8.18. The number of ether oxygens (including phenoxy) is 2. The van der Waals surface area contributed by atoms with Crippen molar-refractivity contribution in [3.63, 3.8) is 0 Å². The van der Waals surface area contributed by atoms with Gasteiger partial charge in [-0.25, -0.2) is 9.78 Å². The van der Waals surface area contributed by atoms with E-state index in [0.717, 1.165) is 70.9 Å². The first kappa shape index (κ1) is 31.1. The van der Waals surface area contributed by atoms with Crippen molar-refractivity contribution in [1.29, 1.82) is 0 Å². The molecule has 0 spiro atoms. The van der Waals surface area contributed by atoms with Crippen molar-refractivity contribution in [3.05, 3.63) is 59.7 Å². The third-order valence-electron chi connectivity index (χ3n) is 7.93. The second-order valence-electron chi connectivity index (χ2n) is 12.4. The summed E-state index contributed by atoms with van der Waals surface area (Å²) in [6.07, 6.45) is 5.94. The van der Waals surface area contributed by atoms with E-state index in [1.54, 1.807) is 7.11 Å². The van der Waals surface area contributed by atoms with Gasteiger partial charge in [0.25, 0.3) is 0 Å². The Hall–Kier alpha value is -4.31. The zero-order valence-electron chi connectivity index (χ0n) is 26.3. The van der Waals surface area contributed by atoms with Crippen molar-refractivity contribution in [2.24, 2.45) is 0 Å². The molecule has 5 N–H and O–H groups in total. The smallest absolute Gasteiger partial charge is 0.407 e. The molecule has 1 amide bonds. The van der Waals surface area contributed by atoms with Gasteiger partial charge in [0.2, 0.25) is 5.95 Å². The molecule has 10 heteroatoms. The Morgan fingerprint density at radius 1 is 1.20 bits per heavy atom. The summed E-state index contributed by atoms with van der Waals surface area (Å²) in [5.74, 6) is 1.56. The summed E-state index contributed by atoms with van der Waals surface area (Å²) in [4.78, 5) is 21.5. The van der Waals surface area contributed by atoms with E-state index in [0.29, 0.717) is 12.4 Å². The number of aliphatic hydroxyl groups is 1. The molecule has 1 aliphatic rings. The Bertz CT molecular complexity index is 1670. The highest BCUT2D eigenvalue weighted by molar-refractivity contribution is 6.09. The molecule has 2 atom stereocenters. The van der Waals surface area contributed by atoms with E-state index in [1.807, 2.05) is 45.0 Å². The van der Waals surface area contributed by atoms with E-state index in [1.165, 1.54) is 5.57 Å². The van der Waals surface area contributed by atoms with Crippen LogP contribution in [0.1, 0.15) is 70.9 Å². The average Bonchev–Trinajstić information content (AvgIpc) is 3.29. The van der Waals surface area contributed by atoms with Crippen LogP contribution in [-0.2, 0) is 11.3 Å². The van der Waals surface area contributed by atoms with Crippen LogP contribution in [0.3, 0.4) is 0 Å². The maximum Gasteiger partial charge on any atom is 0.407 e. The molecule has 234 valence electrons. The highest BCUT2D eigenvalue weighted by Crippen LogP contribution is 2.36. The number of amides is 1. The first-order chi connectivity index (χ1) is 21.1. The minimum Gasteiger partial charge on any atom is -0.496 e. The fourth-order valence-corrected chi connectivity index (χ4v) is 5.93. The number of carbonyl (C=O) groups is 1. The second kappa shape index (κ2) is 13.1. The number of nitrogens with two attached hydrogens (primary N) is 1. The third kappa shape index (κ3) is 6.91. The molecule has 1 unspecified atom stereocenters. The highest BCUT2D eigenvalue weighted by atomic mass is 16.6. The maximum absolute atomic E-state index is 12.3. The zero-order valence-corrected chi connectivity index (χ0v) is 26.3. The third-order valence-corrected chi connectivity index (χ3v) is 7.93. The molecular formula is C34H44N6O4. The predicted molar refractivity (Wildman–Crippen MR) is 176 cm³/mol. The number of nitrogen functional groups attached to an aromatic ring is 1. The van der Waals surface area contributed by atoms with E-state index in [-0.39, 0.29) is 30.7 Å². The van der Waals surface area contributed by atoms with E-state index >= 15 is 0 Å². The largest absolute Gasteiger partial charge is 0.496 e. The van der Waals surface area contributed by atoms with Gasteiger partial charge in [-0.15, -0.1) is 0 Å². The molecule has 1 aliphatic carbocycles. The van der Waals surface area contributed by atoms with Crippen LogP contribution in [0.25, 0.3) is 27.5 Å². The number of allylic oxidation sites excluding steroid dienone is 1. The zero-order chi connectivity index (χ0) is 31.4. The summed E-state index contributed by atoms with van der Waals surface area (Å²) in [6, 6.07) is 14.3. The molecule has 0 aliphatic heterocycles. The van der Waals surface area contributed by atoms with Gasteiger partial charge in [-0.1, -0.05) is 43.7 Å². The van der Waals surface area contributed by atoms with Crippen LogP contribution in [0.4, 0.5) is 16.6 Å². The summed E-state index contributed by atoms with van der Waals surface area (Å²) in [5.41, 5.74) is 11.6. The van der Waals surface area contributed by atoms with Crippen molar-refractivity contribution in [2.75, 3.05) is 24.8 Å². The monoisotopic (exact) mass is 600 g/mol. The van der Waals surface area contributed by atoms with Gasteiger partial charge < -0.3 is 35.5 Å². The topological polar surface area (TPSA) is 137 Å². The van der Waals surface area contributed by atoms with E-state index in [9.17, 15) is 9.90 Å². The molecule has 44 heavy (non-hydrogen) atoms. The number of methoxy groups -OCH3 is 1. The van der Waals surface area contributed by atoms with Gasteiger partial charge in [-0.3, -0.25) is 0 Å². The molecule has 2 heterocycles. The molecule has 5 rings (SSSR count). The summed E-state index contributed by atoms with van der Waals surface area (Å²) in [5, 5.41) is 17.5. The molecule has 0 fully saturated rings. The lowest BCUT2D eigenvalue weighted by Crippen LogP contribution is -2.39. The van der Waals surface area contributed by atoms with Gasteiger partial charge >= 0.3 is 6.09 Å². The van der Waals surface area contributed by atoms with Gasteiger partial charge in [0.1, 0.15) is 22.4 Å². The van der Waals surface area contributed by atoms with Crippen molar-refractivity contribution >= 4 is 45.4 Å². The standard InChI is InChI=1S/C34H44N6O4/c1-6-9-25(20-41)36-31-30-29(38-32(35)39-31)26-10-7-8-11-27(26)40(30)19-23-18-22(14-17-28(23)43-5)21-12-15-24(16-13-21)37-33(42)44-34(2,3)4/h7-8,10-12,14,17-18,24-25,41H,6,9,13,15-16,19-20H2,1-5H3,(H,37,42)(H3,35,36,38,39)/t24?,25-/m0/s1. The first-order valence-corrected chi connectivity index (χ1v) is 15.4. The number of benzene rings is 2. The molecule has 4 aromatic rings. The van der Waals surface area contributed by atoms with Crippen LogP contribution in [0.15, 0.2) is 48.5 Å². The number of para-hydroxylation sites is 1. The number of alkyl carbamates (subject to hydrolysis) is 1. The molecule has 2 aromatic heterocycles. The first-order valence-electron chi connectivity index (χ1n) is 15.4. The number of hydrogen-bond acceptors (Lipinski definition) is 8. The normalized spacial score (nSPS) is 16.0. The average molecular weight is 601 g/mol. The number of carbonyl (C=O) groups excluding carboxylic acids is 1. The minimum absolute atomic E-state index is 0.0153. The van der Waals surface area contributed by atoms with E-state index in [2.05, 4.69) is 56.4 Å². The molecule has 2 aromatic carbocycles. The van der Waals surface area contributed by atoms with Crippen LogP contribution < -0.4 is 21.1 Å². The Balaban J connectivity index is 1.49. The van der Waals surface area contributed by atoms with Gasteiger partial charge in [-0.05, 0) is 75.8 Å². The van der Waals surface area contributed by atoms with Gasteiger partial charge in [0.15, 0.2) is 5.82 Å². The summed E-state index contributed by atoms with van der Waals surface area (Å²) < 4.78 is 13.5. The Morgan fingerprint density at radius 3 is 2.68 bits per heavy atom. The van der Waals surface area contributed by atoms with Gasteiger partial charge in [-0.2, -0.15) is 4.98 Å². The fraction of sp³-hybridized carbons (Fsp3) is 0.441. The number of rotatable bonds is 10. The van der Waals surface area contributed by atoms with Crippen molar-refractivity contribution in [1.82, 2.24) is 19.9 Å². The maximum atomic E-state index is 12.3. The summed E-state index contributed by atoms with van der Waals surface area (Å²) >= 11 is 0. The van der Waals surface area contributed by atoms with E-state index in [4.69, 9.17) is 15.2 Å². The number of nitrogens with one attached hydrogen (secondary N) is 2. The molecule has 0 saturated heterocycles. The SMILES string of the molecule is CCC[C@@H](CO)Nc1nc(N)nc2c3ccccc3n(Cc3cc(C4=CCC(NC(=O)OC(C)(C)C)CC4)ccc3OC)c12.